The third kappa shape index (κ3) is 4.08. The van der Waals surface area contributed by atoms with Gasteiger partial charge in [0, 0.05) is 33.8 Å². The number of hydrogen-bond acceptors (Lipinski definition) is 4. The van der Waals surface area contributed by atoms with Crippen molar-refractivity contribution in [2.24, 2.45) is 5.92 Å². The summed E-state index contributed by atoms with van der Waals surface area (Å²) in [7, 11) is 1.98. The molecule has 0 amide bonds. The van der Waals surface area contributed by atoms with E-state index in [0.717, 1.165) is 40.2 Å². The lowest BCUT2D eigenvalue weighted by Gasteiger charge is -2.15. The largest absolute Gasteiger partial charge is 0.319 e. The minimum atomic E-state index is 0.564. The van der Waals surface area contributed by atoms with Crippen LogP contribution in [0.3, 0.4) is 0 Å². The van der Waals surface area contributed by atoms with Crippen LogP contribution in [0.1, 0.15) is 23.9 Å². The molecule has 0 saturated carbocycles. The Morgan fingerprint density at radius 1 is 1.19 bits per heavy atom. The second kappa shape index (κ2) is 7.09. The SMILES string of the molecule is CNCC(C)Cc1c(C)nc(-c2cncc(Br)c2)nc1C. The van der Waals surface area contributed by atoms with Crippen LogP contribution in [0.2, 0.25) is 0 Å². The molecule has 2 aromatic rings. The van der Waals surface area contributed by atoms with Gasteiger partial charge in [0.1, 0.15) is 0 Å². The number of aromatic nitrogens is 3. The standard InChI is InChI=1S/C16H21BrN4/c1-10(7-18-4)5-15-11(2)20-16(21-12(15)3)13-6-14(17)9-19-8-13/h6,8-10,18H,5,7H2,1-4H3. The molecule has 1 N–H and O–H groups in total. The Hall–Kier alpha value is -1.33. The Bertz CT molecular complexity index is 604. The molecule has 2 aromatic heterocycles. The zero-order valence-electron chi connectivity index (χ0n) is 12.9. The summed E-state index contributed by atoms with van der Waals surface area (Å²) < 4.78 is 0.936. The second-order valence-corrected chi connectivity index (χ2v) is 6.37. The zero-order chi connectivity index (χ0) is 15.4. The molecule has 5 heteroatoms. The summed E-state index contributed by atoms with van der Waals surface area (Å²) in [5, 5.41) is 3.22. The smallest absolute Gasteiger partial charge is 0.161 e. The molecular weight excluding hydrogens is 328 g/mol. The van der Waals surface area contributed by atoms with E-state index in [2.05, 4.69) is 57.0 Å². The number of nitrogens with zero attached hydrogens (tertiary/aromatic N) is 3. The highest BCUT2D eigenvalue weighted by molar-refractivity contribution is 9.10. The molecule has 0 spiro atoms. The van der Waals surface area contributed by atoms with Crippen LogP contribution in [0.25, 0.3) is 11.4 Å². The molecule has 4 nitrogen and oxygen atoms in total. The molecule has 1 unspecified atom stereocenters. The normalized spacial score (nSPS) is 12.4. The summed E-state index contributed by atoms with van der Waals surface area (Å²) in [6.07, 6.45) is 4.55. The number of aryl methyl sites for hydroxylation is 2. The Morgan fingerprint density at radius 2 is 1.86 bits per heavy atom. The van der Waals surface area contributed by atoms with E-state index >= 15 is 0 Å². The fourth-order valence-electron chi connectivity index (χ4n) is 2.47. The van der Waals surface area contributed by atoms with E-state index in [4.69, 9.17) is 0 Å². The van der Waals surface area contributed by atoms with E-state index < -0.39 is 0 Å². The van der Waals surface area contributed by atoms with E-state index in [1.807, 2.05) is 13.1 Å². The summed E-state index contributed by atoms with van der Waals surface area (Å²) in [5.74, 6) is 1.30. The van der Waals surface area contributed by atoms with Gasteiger partial charge in [-0.2, -0.15) is 0 Å². The first-order valence-electron chi connectivity index (χ1n) is 7.11. The van der Waals surface area contributed by atoms with E-state index in [0.29, 0.717) is 5.92 Å². The van der Waals surface area contributed by atoms with Gasteiger partial charge in [0.15, 0.2) is 5.82 Å². The average molecular weight is 349 g/mol. The van der Waals surface area contributed by atoms with Crippen molar-refractivity contribution in [3.05, 3.63) is 39.9 Å². The van der Waals surface area contributed by atoms with E-state index in [-0.39, 0.29) is 0 Å². The van der Waals surface area contributed by atoms with Crippen LogP contribution in [-0.4, -0.2) is 28.5 Å². The molecule has 2 heterocycles. The first-order chi connectivity index (χ1) is 10.0. The lowest BCUT2D eigenvalue weighted by Crippen LogP contribution is -2.19. The average Bonchev–Trinajstić information content (AvgIpc) is 2.43. The van der Waals surface area contributed by atoms with Gasteiger partial charge in [-0.25, -0.2) is 9.97 Å². The van der Waals surface area contributed by atoms with Crippen molar-refractivity contribution in [1.82, 2.24) is 20.3 Å². The predicted molar refractivity (Wildman–Crippen MR) is 89.2 cm³/mol. The van der Waals surface area contributed by atoms with Gasteiger partial charge in [0.25, 0.3) is 0 Å². The third-order valence-corrected chi connectivity index (χ3v) is 3.92. The number of pyridine rings is 1. The van der Waals surface area contributed by atoms with Gasteiger partial charge >= 0.3 is 0 Å². The third-order valence-electron chi connectivity index (χ3n) is 3.49. The lowest BCUT2D eigenvalue weighted by atomic mass is 9.98. The highest BCUT2D eigenvalue weighted by Gasteiger charge is 2.13. The van der Waals surface area contributed by atoms with Crippen molar-refractivity contribution < 1.29 is 0 Å². The molecule has 0 saturated heterocycles. The van der Waals surface area contributed by atoms with Crippen LogP contribution >= 0.6 is 15.9 Å². The van der Waals surface area contributed by atoms with Gasteiger partial charge in [-0.15, -0.1) is 0 Å². The fourth-order valence-corrected chi connectivity index (χ4v) is 2.83. The maximum absolute atomic E-state index is 4.67. The van der Waals surface area contributed by atoms with Crippen molar-refractivity contribution in [3.8, 4) is 11.4 Å². The van der Waals surface area contributed by atoms with Gasteiger partial charge in [0.2, 0.25) is 0 Å². The molecule has 0 aliphatic heterocycles. The first kappa shape index (κ1) is 16.0. The highest BCUT2D eigenvalue weighted by atomic mass is 79.9. The molecule has 0 aliphatic rings. The number of halogens is 1. The second-order valence-electron chi connectivity index (χ2n) is 5.46. The maximum Gasteiger partial charge on any atom is 0.161 e. The Labute approximate surface area is 134 Å². The summed E-state index contributed by atoms with van der Waals surface area (Å²) >= 11 is 3.44. The predicted octanol–water partition coefficient (Wildman–Crippen LogP) is 3.32. The quantitative estimate of drug-likeness (QED) is 0.900. The Morgan fingerprint density at radius 3 is 2.43 bits per heavy atom. The van der Waals surface area contributed by atoms with Crippen LogP contribution in [-0.2, 0) is 6.42 Å². The van der Waals surface area contributed by atoms with Gasteiger partial charge in [-0.05, 0) is 67.3 Å². The van der Waals surface area contributed by atoms with E-state index in [1.54, 1.807) is 12.4 Å². The van der Waals surface area contributed by atoms with Crippen LogP contribution < -0.4 is 5.32 Å². The molecule has 0 aliphatic carbocycles. The minimum Gasteiger partial charge on any atom is -0.319 e. The summed E-state index contributed by atoms with van der Waals surface area (Å²) in [6.45, 7) is 7.35. The molecule has 2 rings (SSSR count). The van der Waals surface area contributed by atoms with Gasteiger partial charge in [-0.3, -0.25) is 4.98 Å². The van der Waals surface area contributed by atoms with Gasteiger partial charge < -0.3 is 5.32 Å². The highest BCUT2D eigenvalue weighted by Crippen LogP contribution is 2.22. The zero-order valence-corrected chi connectivity index (χ0v) is 14.5. The molecule has 21 heavy (non-hydrogen) atoms. The Balaban J connectivity index is 2.33. The maximum atomic E-state index is 4.67. The van der Waals surface area contributed by atoms with E-state index in [1.165, 1.54) is 5.56 Å². The van der Waals surface area contributed by atoms with Gasteiger partial charge in [0.05, 0.1) is 0 Å². The Kier molecular flexibility index (Phi) is 5.42. The minimum absolute atomic E-state index is 0.564. The fraction of sp³-hybridized carbons (Fsp3) is 0.438. The van der Waals surface area contributed by atoms with Crippen LogP contribution in [0.5, 0.6) is 0 Å². The molecule has 0 bridgehead atoms. The molecule has 0 aromatic carbocycles. The number of nitrogens with one attached hydrogen (secondary N) is 1. The molecular formula is C16H21BrN4. The van der Waals surface area contributed by atoms with Crippen LogP contribution in [0, 0.1) is 19.8 Å². The van der Waals surface area contributed by atoms with Gasteiger partial charge in [-0.1, -0.05) is 6.92 Å². The number of hydrogen-bond donors (Lipinski definition) is 1. The molecule has 0 fully saturated rings. The van der Waals surface area contributed by atoms with Crippen molar-refractivity contribution in [2.75, 3.05) is 13.6 Å². The summed E-state index contributed by atoms with van der Waals surface area (Å²) in [4.78, 5) is 13.5. The van der Waals surface area contributed by atoms with Crippen molar-refractivity contribution in [3.63, 3.8) is 0 Å². The topological polar surface area (TPSA) is 50.7 Å². The van der Waals surface area contributed by atoms with Crippen LogP contribution in [0.15, 0.2) is 22.9 Å². The molecule has 112 valence electrons. The molecule has 0 radical (unpaired) electrons. The van der Waals surface area contributed by atoms with Crippen molar-refractivity contribution in [1.29, 1.82) is 0 Å². The summed E-state index contributed by atoms with van der Waals surface area (Å²) in [5.41, 5.74) is 4.30. The van der Waals surface area contributed by atoms with Crippen molar-refractivity contribution >= 4 is 15.9 Å². The monoisotopic (exact) mass is 348 g/mol. The number of rotatable bonds is 5. The first-order valence-corrected chi connectivity index (χ1v) is 7.90. The van der Waals surface area contributed by atoms with E-state index in [9.17, 15) is 0 Å². The summed E-state index contributed by atoms with van der Waals surface area (Å²) in [6, 6.07) is 1.99. The molecule has 1 atom stereocenters. The van der Waals surface area contributed by atoms with Crippen LogP contribution in [0.4, 0.5) is 0 Å². The van der Waals surface area contributed by atoms with Crippen molar-refractivity contribution in [2.45, 2.75) is 27.2 Å². The lowest BCUT2D eigenvalue weighted by molar-refractivity contribution is 0.537.